The first-order chi connectivity index (χ1) is 19.1. The average Bonchev–Trinajstić information content (AvgIpc) is 3.52. The van der Waals surface area contributed by atoms with Crippen LogP contribution in [0.15, 0.2) is 36.8 Å². The quantitative estimate of drug-likeness (QED) is 0.325. The predicted octanol–water partition coefficient (Wildman–Crippen LogP) is 3.62. The van der Waals surface area contributed by atoms with Crippen LogP contribution in [0.5, 0.6) is 5.75 Å². The Bertz CT molecular complexity index is 1520. The first kappa shape index (κ1) is 25.7. The molecule has 39 heavy (non-hydrogen) atoms. The number of methoxy groups -OCH3 is 1. The largest absolute Gasteiger partial charge is 0.488 e. The highest BCUT2D eigenvalue weighted by molar-refractivity contribution is 6.31. The van der Waals surface area contributed by atoms with Crippen molar-refractivity contribution in [3.8, 4) is 23.1 Å². The molecule has 0 saturated carbocycles. The van der Waals surface area contributed by atoms with Crippen molar-refractivity contribution >= 4 is 17.1 Å². The Kier molecular flexibility index (Phi) is 7.18. The lowest BCUT2D eigenvalue weighted by molar-refractivity contribution is -0.0735. The Labute approximate surface area is 230 Å². The molecule has 1 unspecified atom stereocenters. The standard InChI is InChI=1S/C27H29ClN8O3/c1-17-25(32-33-36(17)20-5-8-34(9-6-20)21-14-38-15-21)18-10-23(27-19(11-29)12-31-35(27)13-18)39-16-24(37-2)26-22(28)4-3-7-30-26/h3-4,7,10,12-13,20-21,24H,5-6,8-9,14-16H2,1-2H3. The van der Waals surface area contributed by atoms with E-state index in [1.165, 1.54) is 6.20 Å². The van der Waals surface area contributed by atoms with Crippen LogP contribution in [0, 0.1) is 18.3 Å². The molecule has 0 spiro atoms. The maximum atomic E-state index is 9.69. The summed E-state index contributed by atoms with van der Waals surface area (Å²) in [6, 6.07) is 8.46. The van der Waals surface area contributed by atoms with Gasteiger partial charge in [0.2, 0.25) is 0 Å². The number of likely N-dealkylation sites (tertiary alicyclic amines) is 1. The second kappa shape index (κ2) is 10.9. The van der Waals surface area contributed by atoms with Gasteiger partial charge in [-0.15, -0.1) is 5.10 Å². The molecule has 0 aromatic carbocycles. The van der Waals surface area contributed by atoms with E-state index in [0.717, 1.165) is 56.1 Å². The molecule has 12 heteroatoms. The van der Waals surface area contributed by atoms with Gasteiger partial charge < -0.3 is 14.2 Å². The topological polar surface area (TPSA) is 116 Å². The molecule has 0 radical (unpaired) electrons. The molecular weight excluding hydrogens is 520 g/mol. The van der Waals surface area contributed by atoms with E-state index in [4.69, 9.17) is 25.8 Å². The monoisotopic (exact) mass is 548 g/mol. The SMILES string of the molecule is COC(COc1cc(-c2nnn(C3CCN(C4COC4)CC3)c2C)cn2ncc(C#N)c12)c1ncccc1Cl. The lowest BCUT2D eigenvalue weighted by Gasteiger charge is -2.41. The number of hydrogen-bond acceptors (Lipinski definition) is 9. The summed E-state index contributed by atoms with van der Waals surface area (Å²) in [4.78, 5) is 6.87. The maximum Gasteiger partial charge on any atom is 0.147 e. The number of pyridine rings is 2. The van der Waals surface area contributed by atoms with Gasteiger partial charge in [-0.25, -0.2) is 9.20 Å². The van der Waals surface area contributed by atoms with Crippen molar-refractivity contribution in [2.24, 2.45) is 0 Å². The number of fused-ring (bicyclic) bond motifs is 1. The minimum absolute atomic E-state index is 0.138. The number of rotatable bonds is 8. The fraction of sp³-hybridized carbons (Fsp3) is 0.444. The molecular formula is C27H29ClN8O3. The van der Waals surface area contributed by atoms with E-state index in [1.807, 2.05) is 23.9 Å². The lowest BCUT2D eigenvalue weighted by atomic mass is 10.0. The summed E-state index contributed by atoms with van der Waals surface area (Å²) in [5, 5.41) is 23.7. The van der Waals surface area contributed by atoms with Crippen molar-refractivity contribution in [1.82, 2.24) is 34.5 Å². The Morgan fingerprint density at radius 3 is 2.77 bits per heavy atom. The summed E-state index contributed by atoms with van der Waals surface area (Å²) in [5.41, 5.74) is 4.08. The van der Waals surface area contributed by atoms with Gasteiger partial charge in [-0.1, -0.05) is 16.8 Å². The zero-order chi connectivity index (χ0) is 26.9. The normalized spacial score (nSPS) is 17.7. The van der Waals surface area contributed by atoms with Gasteiger partial charge in [-0.2, -0.15) is 10.4 Å². The second-order valence-electron chi connectivity index (χ2n) is 9.89. The van der Waals surface area contributed by atoms with Gasteiger partial charge in [-0.3, -0.25) is 9.88 Å². The van der Waals surface area contributed by atoms with E-state index in [9.17, 15) is 5.26 Å². The number of ether oxygens (including phenoxy) is 3. The van der Waals surface area contributed by atoms with Crippen LogP contribution in [0.3, 0.4) is 0 Å². The fourth-order valence-electron chi connectivity index (χ4n) is 5.35. The molecule has 2 saturated heterocycles. The summed E-state index contributed by atoms with van der Waals surface area (Å²) in [6.45, 7) is 5.92. The number of nitriles is 1. The third kappa shape index (κ3) is 4.85. The van der Waals surface area contributed by atoms with Crippen molar-refractivity contribution in [2.75, 3.05) is 40.0 Å². The molecule has 0 bridgehead atoms. The van der Waals surface area contributed by atoms with E-state index in [2.05, 4.69) is 31.4 Å². The molecule has 1 atom stereocenters. The molecule has 0 N–H and O–H groups in total. The molecule has 11 nitrogen and oxygen atoms in total. The molecule has 2 fully saturated rings. The van der Waals surface area contributed by atoms with Gasteiger partial charge in [0.15, 0.2) is 0 Å². The molecule has 0 amide bonds. The van der Waals surface area contributed by atoms with E-state index in [0.29, 0.717) is 39.6 Å². The van der Waals surface area contributed by atoms with Gasteiger partial charge in [0.1, 0.15) is 41.3 Å². The molecule has 4 aromatic heterocycles. The molecule has 202 valence electrons. The van der Waals surface area contributed by atoms with Crippen molar-refractivity contribution in [2.45, 2.75) is 38.0 Å². The Morgan fingerprint density at radius 1 is 1.26 bits per heavy atom. The summed E-state index contributed by atoms with van der Waals surface area (Å²) in [6.07, 6.45) is 6.58. The van der Waals surface area contributed by atoms with E-state index in [-0.39, 0.29) is 6.61 Å². The first-order valence-electron chi connectivity index (χ1n) is 13.0. The van der Waals surface area contributed by atoms with Crippen LogP contribution in [-0.4, -0.2) is 80.6 Å². The Hall–Kier alpha value is -3.56. The minimum atomic E-state index is -0.504. The lowest BCUT2D eigenvalue weighted by Crippen LogP contribution is -2.52. The Balaban J connectivity index is 1.28. The smallest absolute Gasteiger partial charge is 0.147 e. The number of hydrogen-bond donors (Lipinski definition) is 0. The number of halogens is 1. The first-order valence-corrected chi connectivity index (χ1v) is 13.4. The van der Waals surface area contributed by atoms with E-state index < -0.39 is 6.10 Å². The zero-order valence-corrected chi connectivity index (χ0v) is 22.6. The number of nitrogens with zero attached hydrogens (tertiary/aromatic N) is 8. The second-order valence-corrected chi connectivity index (χ2v) is 10.3. The van der Waals surface area contributed by atoms with Crippen molar-refractivity contribution in [3.05, 3.63) is 58.8 Å². The number of aromatic nitrogens is 6. The molecule has 4 aromatic rings. The van der Waals surface area contributed by atoms with Crippen LogP contribution in [0.1, 0.15) is 41.9 Å². The average molecular weight is 549 g/mol. The molecule has 2 aliphatic heterocycles. The van der Waals surface area contributed by atoms with Crippen LogP contribution < -0.4 is 4.74 Å². The van der Waals surface area contributed by atoms with Gasteiger partial charge in [0.05, 0.1) is 47.9 Å². The summed E-state index contributed by atoms with van der Waals surface area (Å²) in [7, 11) is 1.58. The van der Waals surface area contributed by atoms with E-state index >= 15 is 0 Å². The van der Waals surface area contributed by atoms with Gasteiger partial charge >= 0.3 is 0 Å². The Morgan fingerprint density at radius 2 is 2.08 bits per heavy atom. The molecule has 0 aliphatic carbocycles. The van der Waals surface area contributed by atoms with Gasteiger partial charge in [0.25, 0.3) is 0 Å². The van der Waals surface area contributed by atoms with Crippen LogP contribution in [0.2, 0.25) is 5.02 Å². The van der Waals surface area contributed by atoms with Gasteiger partial charge in [0, 0.05) is 38.2 Å². The predicted molar refractivity (Wildman–Crippen MR) is 143 cm³/mol. The van der Waals surface area contributed by atoms with Crippen LogP contribution in [-0.2, 0) is 9.47 Å². The molecule has 6 rings (SSSR count). The van der Waals surface area contributed by atoms with Crippen molar-refractivity contribution in [3.63, 3.8) is 0 Å². The summed E-state index contributed by atoms with van der Waals surface area (Å²) in [5.74, 6) is 0.487. The van der Waals surface area contributed by atoms with Crippen LogP contribution in [0.25, 0.3) is 16.8 Å². The third-order valence-electron chi connectivity index (χ3n) is 7.65. The number of piperidine rings is 1. The minimum Gasteiger partial charge on any atom is -0.488 e. The highest BCUT2D eigenvalue weighted by atomic mass is 35.5. The van der Waals surface area contributed by atoms with Crippen molar-refractivity contribution in [1.29, 1.82) is 5.26 Å². The fourth-order valence-corrected chi connectivity index (χ4v) is 5.59. The maximum absolute atomic E-state index is 9.69. The van der Waals surface area contributed by atoms with Crippen LogP contribution in [0.4, 0.5) is 0 Å². The van der Waals surface area contributed by atoms with Crippen molar-refractivity contribution < 1.29 is 14.2 Å². The molecule has 6 heterocycles. The summed E-state index contributed by atoms with van der Waals surface area (Å²) >= 11 is 6.35. The third-order valence-corrected chi connectivity index (χ3v) is 7.97. The van der Waals surface area contributed by atoms with Crippen LogP contribution >= 0.6 is 11.6 Å². The molecule has 2 aliphatic rings. The summed E-state index contributed by atoms with van der Waals surface area (Å²) < 4.78 is 20.9. The van der Waals surface area contributed by atoms with Gasteiger partial charge in [-0.05, 0) is 38.0 Å². The highest BCUT2D eigenvalue weighted by Crippen LogP contribution is 2.34. The highest BCUT2D eigenvalue weighted by Gasteiger charge is 2.31. The van der Waals surface area contributed by atoms with E-state index in [1.54, 1.807) is 30.0 Å². The zero-order valence-electron chi connectivity index (χ0n) is 21.8.